The zero-order valence-electron chi connectivity index (χ0n) is 25.7. The van der Waals surface area contributed by atoms with E-state index in [1.807, 2.05) is 105 Å². The Morgan fingerprint density at radius 3 is 1.86 bits per heavy atom. The van der Waals surface area contributed by atoms with Gasteiger partial charge in [0, 0.05) is 18.7 Å². The standard InChI is InChI=1S/C37H44N2O4/c1-5-6-26-38-35(41)36(2,3)39(31-22-14-9-15-23-31)37(29-18-10-7-11-19-29,30-20-12-8-13-21-30)27-32(40)28-43-34-25-17-16-24-33(34)42-4/h7-25,32,40H,5-6,26-28H2,1-4H3,(H,38,41). The number of aliphatic hydroxyl groups is 1. The first-order chi connectivity index (χ1) is 20.8. The third kappa shape index (κ3) is 7.20. The third-order valence-corrected chi connectivity index (χ3v) is 7.86. The largest absolute Gasteiger partial charge is 0.493 e. The molecule has 0 heterocycles. The number of unbranched alkanes of at least 4 members (excludes halogenated alkanes) is 1. The molecule has 1 unspecified atom stereocenters. The van der Waals surface area contributed by atoms with Crippen LogP contribution in [0.15, 0.2) is 115 Å². The summed E-state index contributed by atoms with van der Waals surface area (Å²) in [6, 6.07) is 37.7. The van der Waals surface area contributed by atoms with Gasteiger partial charge in [-0.05, 0) is 55.7 Å². The highest BCUT2D eigenvalue weighted by atomic mass is 16.5. The van der Waals surface area contributed by atoms with E-state index in [1.165, 1.54) is 0 Å². The van der Waals surface area contributed by atoms with Crippen molar-refractivity contribution in [2.75, 3.05) is 25.2 Å². The highest BCUT2D eigenvalue weighted by Crippen LogP contribution is 2.47. The van der Waals surface area contributed by atoms with Crippen LogP contribution in [0, 0.1) is 0 Å². The molecule has 0 aromatic heterocycles. The minimum atomic E-state index is -1.02. The van der Waals surface area contributed by atoms with E-state index in [4.69, 9.17) is 9.47 Å². The minimum absolute atomic E-state index is 0.0353. The zero-order valence-corrected chi connectivity index (χ0v) is 25.7. The van der Waals surface area contributed by atoms with Crippen LogP contribution in [0.2, 0.25) is 0 Å². The predicted octanol–water partition coefficient (Wildman–Crippen LogP) is 6.97. The Morgan fingerprint density at radius 1 is 0.814 bits per heavy atom. The lowest BCUT2D eigenvalue weighted by Gasteiger charge is -2.54. The number of para-hydroxylation sites is 3. The molecular formula is C37H44N2O4. The molecule has 0 saturated heterocycles. The van der Waals surface area contributed by atoms with Crippen LogP contribution in [0.3, 0.4) is 0 Å². The molecular weight excluding hydrogens is 536 g/mol. The first-order valence-corrected chi connectivity index (χ1v) is 15.0. The van der Waals surface area contributed by atoms with Crippen LogP contribution in [0.25, 0.3) is 0 Å². The van der Waals surface area contributed by atoms with Gasteiger partial charge in [0.2, 0.25) is 5.91 Å². The second-order valence-corrected chi connectivity index (χ2v) is 11.3. The summed E-state index contributed by atoms with van der Waals surface area (Å²) >= 11 is 0. The number of nitrogens with one attached hydrogen (secondary N) is 1. The molecule has 6 heteroatoms. The Bertz CT molecular complexity index is 1370. The number of ether oxygens (including phenoxy) is 2. The molecule has 4 aromatic carbocycles. The van der Waals surface area contributed by atoms with Crippen molar-refractivity contribution in [2.45, 2.75) is 57.2 Å². The van der Waals surface area contributed by atoms with Crippen molar-refractivity contribution in [2.24, 2.45) is 0 Å². The van der Waals surface area contributed by atoms with E-state index in [2.05, 4.69) is 41.4 Å². The van der Waals surface area contributed by atoms with Crippen molar-refractivity contribution in [3.8, 4) is 11.5 Å². The maximum absolute atomic E-state index is 14.1. The lowest BCUT2D eigenvalue weighted by molar-refractivity contribution is -0.126. The second kappa shape index (κ2) is 14.7. The van der Waals surface area contributed by atoms with Gasteiger partial charge in [-0.3, -0.25) is 4.79 Å². The summed E-state index contributed by atoms with van der Waals surface area (Å²) in [4.78, 5) is 16.3. The molecule has 0 bridgehead atoms. The Kier molecular flexibility index (Phi) is 10.8. The number of hydrogen-bond acceptors (Lipinski definition) is 5. The van der Waals surface area contributed by atoms with E-state index in [0.717, 1.165) is 29.7 Å². The molecule has 4 aromatic rings. The third-order valence-electron chi connectivity index (χ3n) is 7.86. The molecule has 0 spiro atoms. The molecule has 0 fully saturated rings. The van der Waals surface area contributed by atoms with Crippen molar-refractivity contribution < 1.29 is 19.4 Å². The van der Waals surface area contributed by atoms with E-state index in [-0.39, 0.29) is 18.9 Å². The van der Waals surface area contributed by atoms with Crippen molar-refractivity contribution in [3.05, 3.63) is 126 Å². The van der Waals surface area contributed by atoms with Gasteiger partial charge in [-0.15, -0.1) is 0 Å². The average molecular weight is 581 g/mol. The van der Waals surface area contributed by atoms with E-state index in [9.17, 15) is 9.90 Å². The van der Waals surface area contributed by atoms with Gasteiger partial charge in [-0.25, -0.2) is 0 Å². The smallest absolute Gasteiger partial charge is 0.245 e. The monoisotopic (exact) mass is 580 g/mol. The van der Waals surface area contributed by atoms with E-state index in [1.54, 1.807) is 7.11 Å². The highest BCUT2D eigenvalue weighted by Gasteiger charge is 2.50. The summed E-state index contributed by atoms with van der Waals surface area (Å²) in [5.41, 5.74) is 0.790. The fourth-order valence-corrected chi connectivity index (χ4v) is 5.80. The molecule has 226 valence electrons. The molecule has 2 N–H and O–H groups in total. The summed E-state index contributed by atoms with van der Waals surface area (Å²) in [6.07, 6.45) is 1.22. The number of methoxy groups -OCH3 is 1. The van der Waals surface area contributed by atoms with Gasteiger partial charge in [0.1, 0.15) is 12.1 Å². The first kappa shape index (κ1) is 31.6. The molecule has 0 aliphatic rings. The summed E-state index contributed by atoms with van der Waals surface area (Å²) in [6.45, 7) is 6.66. The van der Waals surface area contributed by atoms with E-state index < -0.39 is 17.2 Å². The van der Waals surface area contributed by atoms with Crippen LogP contribution in [0.5, 0.6) is 11.5 Å². The van der Waals surface area contributed by atoms with Gasteiger partial charge in [0.25, 0.3) is 0 Å². The molecule has 0 aliphatic carbocycles. The van der Waals surface area contributed by atoms with Gasteiger partial charge >= 0.3 is 0 Å². The highest BCUT2D eigenvalue weighted by molar-refractivity contribution is 5.90. The Hall–Kier alpha value is -4.29. The number of hydrogen-bond donors (Lipinski definition) is 2. The van der Waals surface area contributed by atoms with Crippen LogP contribution in [-0.2, 0) is 10.3 Å². The van der Waals surface area contributed by atoms with Crippen molar-refractivity contribution in [1.29, 1.82) is 0 Å². The van der Waals surface area contributed by atoms with Crippen LogP contribution < -0.4 is 19.7 Å². The first-order valence-electron chi connectivity index (χ1n) is 15.0. The maximum atomic E-state index is 14.1. The fourth-order valence-electron chi connectivity index (χ4n) is 5.80. The number of amides is 1. The van der Waals surface area contributed by atoms with Crippen molar-refractivity contribution in [3.63, 3.8) is 0 Å². The van der Waals surface area contributed by atoms with Crippen LogP contribution in [0.1, 0.15) is 51.2 Å². The van der Waals surface area contributed by atoms with Crippen molar-refractivity contribution >= 4 is 11.6 Å². The average Bonchev–Trinajstić information content (AvgIpc) is 3.04. The van der Waals surface area contributed by atoms with E-state index in [0.29, 0.717) is 18.0 Å². The lowest BCUT2D eigenvalue weighted by atomic mass is 9.74. The number of nitrogens with zero attached hydrogens (tertiary/aromatic N) is 1. The number of aliphatic hydroxyl groups excluding tert-OH is 1. The normalized spacial score (nSPS) is 12.3. The maximum Gasteiger partial charge on any atom is 0.245 e. The van der Waals surface area contributed by atoms with Crippen LogP contribution >= 0.6 is 0 Å². The molecule has 0 saturated carbocycles. The molecule has 6 nitrogen and oxygen atoms in total. The quantitative estimate of drug-likeness (QED) is 0.149. The lowest BCUT2D eigenvalue weighted by Crippen LogP contribution is -2.64. The molecule has 0 radical (unpaired) electrons. The van der Waals surface area contributed by atoms with Crippen molar-refractivity contribution in [1.82, 2.24) is 5.32 Å². The number of carbonyl (C=O) groups is 1. The Balaban J connectivity index is 1.89. The summed E-state index contributed by atoms with van der Waals surface area (Å²) in [5, 5.41) is 15.0. The summed E-state index contributed by atoms with van der Waals surface area (Å²) in [7, 11) is 1.60. The van der Waals surface area contributed by atoms with Gasteiger partial charge in [0.05, 0.1) is 18.8 Å². The molecule has 4 rings (SSSR count). The van der Waals surface area contributed by atoms with Gasteiger partial charge in [-0.2, -0.15) is 0 Å². The summed E-state index contributed by atoms with van der Waals surface area (Å²) < 4.78 is 11.6. The molecule has 43 heavy (non-hydrogen) atoms. The Morgan fingerprint density at radius 2 is 1.33 bits per heavy atom. The van der Waals surface area contributed by atoms with Gasteiger partial charge < -0.3 is 24.8 Å². The fraction of sp³-hybridized carbons (Fsp3) is 0.324. The Labute approximate surface area is 256 Å². The number of rotatable bonds is 15. The topological polar surface area (TPSA) is 71.0 Å². The minimum Gasteiger partial charge on any atom is -0.493 e. The number of carbonyl (C=O) groups excluding carboxylic acids is 1. The summed E-state index contributed by atoms with van der Waals surface area (Å²) in [5.74, 6) is 1.08. The molecule has 0 aliphatic heterocycles. The number of anilines is 1. The van der Waals surface area contributed by atoms with Crippen LogP contribution in [0.4, 0.5) is 5.69 Å². The predicted molar refractivity (Wildman–Crippen MR) is 174 cm³/mol. The van der Waals surface area contributed by atoms with Gasteiger partial charge in [-0.1, -0.05) is 104 Å². The zero-order chi connectivity index (χ0) is 30.7. The second-order valence-electron chi connectivity index (χ2n) is 11.3. The number of benzene rings is 4. The SMILES string of the molecule is CCCCNC(=O)C(C)(C)N(c1ccccc1)C(CC(O)COc1ccccc1OC)(c1ccccc1)c1ccccc1. The molecule has 1 amide bonds. The van der Waals surface area contributed by atoms with E-state index >= 15 is 0 Å². The van der Waals surface area contributed by atoms with Gasteiger partial charge in [0.15, 0.2) is 11.5 Å². The molecule has 1 atom stereocenters. The van der Waals surface area contributed by atoms with Crippen LogP contribution in [-0.4, -0.2) is 42.9 Å².